The van der Waals surface area contributed by atoms with Crippen LogP contribution in [0.5, 0.6) is 0 Å². The fourth-order valence-electron chi connectivity index (χ4n) is 3.04. The number of carbonyl (C=O) groups excluding carboxylic acids is 1. The molecule has 1 unspecified atom stereocenters. The van der Waals surface area contributed by atoms with Gasteiger partial charge in [0.1, 0.15) is 5.60 Å². The van der Waals surface area contributed by atoms with Gasteiger partial charge in [0.25, 0.3) is 0 Å². The van der Waals surface area contributed by atoms with Gasteiger partial charge in [0.05, 0.1) is 17.8 Å². The second-order valence-electron chi connectivity index (χ2n) is 7.59. The summed E-state index contributed by atoms with van der Waals surface area (Å²) in [6.07, 6.45) is 2.41. The molecule has 0 N–H and O–H groups in total. The van der Waals surface area contributed by atoms with Gasteiger partial charge in [-0.05, 0) is 57.7 Å². The van der Waals surface area contributed by atoms with Crippen molar-refractivity contribution < 1.29 is 19.0 Å². The Hall–Kier alpha value is -1.56. The lowest BCUT2D eigenvalue weighted by Crippen LogP contribution is -2.28. The van der Waals surface area contributed by atoms with Crippen molar-refractivity contribution in [3.8, 4) is 0 Å². The predicted octanol–water partition coefficient (Wildman–Crippen LogP) is 5.21. The molecule has 26 heavy (non-hydrogen) atoms. The summed E-state index contributed by atoms with van der Waals surface area (Å²) in [7, 11) is 0. The van der Waals surface area contributed by atoms with Crippen LogP contribution in [0, 0.1) is 0 Å². The van der Waals surface area contributed by atoms with Crippen LogP contribution in [0.2, 0.25) is 0 Å². The average molecular weight is 380 g/mol. The summed E-state index contributed by atoms with van der Waals surface area (Å²) in [5, 5.41) is 0.952. The number of carbonyl (C=O) groups is 1. The van der Waals surface area contributed by atoms with E-state index < -0.39 is 11.7 Å². The van der Waals surface area contributed by atoms with Crippen LogP contribution < -0.4 is 0 Å². The zero-order valence-corrected chi connectivity index (χ0v) is 16.3. The number of fused-ring (bicyclic) bond motifs is 1. The Morgan fingerprint density at radius 2 is 2.12 bits per heavy atom. The van der Waals surface area contributed by atoms with Gasteiger partial charge in [0, 0.05) is 17.9 Å². The third-order valence-corrected chi connectivity index (χ3v) is 4.54. The van der Waals surface area contributed by atoms with Crippen LogP contribution in [0.25, 0.3) is 10.9 Å². The molecule has 0 aliphatic carbocycles. The number of hydrogen-bond donors (Lipinski definition) is 0. The Bertz CT molecular complexity index is 772. The zero-order valence-electron chi connectivity index (χ0n) is 15.6. The number of benzene rings is 1. The van der Waals surface area contributed by atoms with Crippen LogP contribution in [0.15, 0.2) is 24.3 Å². The van der Waals surface area contributed by atoms with Crippen molar-refractivity contribution in [1.29, 1.82) is 0 Å². The lowest BCUT2D eigenvalue weighted by atomic mass is 10.2. The van der Waals surface area contributed by atoms with E-state index in [4.69, 9.17) is 25.8 Å². The van der Waals surface area contributed by atoms with E-state index in [1.165, 1.54) is 0 Å². The van der Waals surface area contributed by atoms with Crippen molar-refractivity contribution in [2.24, 2.45) is 0 Å². The molecule has 2 aromatic rings. The van der Waals surface area contributed by atoms with Crippen molar-refractivity contribution in [2.75, 3.05) is 6.61 Å². The van der Waals surface area contributed by atoms with Gasteiger partial charge < -0.3 is 14.2 Å². The summed E-state index contributed by atoms with van der Waals surface area (Å²) in [6, 6.07) is 7.81. The highest BCUT2D eigenvalue weighted by atomic mass is 35.5. The van der Waals surface area contributed by atoms with Crippen LogP contribution in [0.3, 0.4) is 0 Å². The Kier molecular flexibility index (Phi) is 5.90. The molecule has 142 valence electrons. The van der Waals surface area contributed by atoms with Crippen LogP contribution in [0.4, 0.5) is 4.79 Å². The first-order valence-electron chi connectivity index (χ1n) is 9.03. The molecule has 1 aliphatic heterocycles. The SMILES string of the molecule is CC(C)(C)OC(=O)n1c(COC2CCCCO2)cc2ccc(CCl)cc21. The lowest BCUT2D eigenvalue weighted by molar-refractivity contribution is -0.169. The number of halogens is 1. The first-order valence-corrected chi connectivity index (χ1v) is 9.56. The predicted molar refractivity (Wildman–Crippen MR) is 102 cm³/mol. The molecule has 6 heteroatoms. The van der Waals surface area contributed by atoms with Crippen LogP contribution in [0.1, 0.15) is 51.3 Å². The molecule has 0 radical (unpaired) electrons. The molecule has 1 aromatic carbocycles. The fraction of sp³-hybridized carbons (Fsp3) is 0.550. The molecule has 1 aliphatic rings. The molecule has 2 heterocycles. The first-order chi connectivity index (χ1) is 12.4. The highest BCUT2D eigenvalue weighted by Gasteiger charge is 2.23. The molecule has 3 rings (SSSR count). The van der Waals surface area contributed by atoms with Gasteiger partial charge in [0.15, 0.2) is 6.29 Å². The van der Waals surface area contributed by atoms with E-state index in [1.54, 1.807) is 4.57 Å². The van der Waals surface area contributed by atoms with Gasteiger partial charge in [-0.25, -0.2) is 9.36 Å². The maximum Gasteiger partial charge on any atom is 0.419 e. The molecule has 1 fully saturated rings. The van der Waals surface area contributed by atoms with Crippen LogP contribution in [-0.4, -0.2) is 29.2 Å². The highest BCUT2D eigenvalue weighted by Crippen LogP contribution is 2.25. The molecule has 1 atom stereocenters. The Labute approximate surface area is 159 Å². The quantitative estimate of drug-likeness (QED) is 0.684. The van der Waals surface area contributed by atoms with Crippen LogP contribution in [-0.2, 0) is 26.7 Å². The zero-order chi connectivity index (χ0) is 18.7. The van der Waals surface area contributed by atoms with E-state index in [9.17, 15) is 4.79 Å². The van der Waals surface area contributed by atoms with Gasteiger partial charge in [-0.15, -0.1) is 11.6 Å². The highest BCUT2D eigenvalue weighted by molar-refractivity contribution is 6.17. The minimum absolute atomic E-state index is 0.216. The van der Waals surface area contributed by atoms with Gasteiger partial charge in [-0.2, -0.15) is 0 Å². The summed E-state index contributed by atoms with van der Waals surface area (Å²) in [5.41, 5.74) is 1.89. The summed E-state index contributed by atoms with van der Waals surface area (Å²) in [4.78, 5) is 12.8. The average Bonchev–Trinajstić information content (AvgIpc) is 2.96. The molecular formula is C20H26ClNO4. The maximum absolute atomic E-state index is 12.8. The number of nitrogens with zero attached hydrogens (tertiary/aromatic N) is 1. The number of rotatable bonds is 4. The van der Waals surface area contributed by atoms with Gasteiger partial charge in [0.2, 0.25) is 0 Å². The number of hydrogen-bond acceptors (Lipinski definition) is 4. The Balaban J connectivity index is 1.92. The van der Waals surface area contributed by atoms with Gasteiger partial charge >= 0.3 is 6.09 Å². The number of ether oxygens (including phenoxy) is 3. The van der Waals surface area contributed by atoms with Crippen LogP contribution >= 0.6 is 11.6 Å². The summed E-state index contributed by atoms with van der Waals surface area (Å²) in [5.74, 6) is 0.386. The third kappa shape index (κ3) is 4.58. The number of alkyl halides is 1. The fourth-order valence-corrected chi connectivity index (χ4v) is 3.20. The molecule has 0 bridgehead atoms. The van der Waals surface area contributed by atoms with E-state index in [-0.39, 0.29) is 12.9 Å². The van der Waals surface area contributed by atoms with E-state index in [2.05, 4.69) is 0 Å². The van der Waals surface area contributed by atoms with Crippen molar-refractivity contribution in [1.82, 2.24) is 4.57 Å². The summed E-state index contributed by atoms with van der Waals surface area (Å²) >= 11 is 5.97. The molecule has 5 nitrogen and oxygen atoms in total. The summed E-state index contributed by atoms with van der Waals surface area (Å²) < 4.78 is 18.7. The van der Waals surface area contributed by atoms with Crippen molar-refractivity contribution in [3.63, 3.8) is 0 Å². The van der Waals surface area contributed by atoms with E-state index in [1.807, 2.05) is 45.0 Å². The van der Waals surface area contributed by atoms with Gasteiger partial charge in [-0.3, -0.25) is 0 Å². The molecule has 0 spiro atoms. The normalized spacial score (nSPS) is 18.2. The smallest absolute Gasteiger partial charge is 0.419 e. The minimum atomic E-state index is -0.581. The lowest BCUT2D eigenvalue weighted by Gasteiger charge is -2.24. The van der Waals surface area contributed by atoms with E-state index >= 15 is 0 Å². The second kappa shape index (κ2) is 7.99. The Morgan fingerprint density at radius 3 is 2.77 bits per heavy atom. The Morgan fingerprint density at radius 1 is 1.31 bits per heavy atom. The molecular weight excluding hydrogens is 354 g/mol. The molecule has 1 aromatic heterocycles. The van der Waals surface area contributed by atoms with Crippen molar-refractivity contribution in [3.05, 3.63) is 35.5 Å². The van der Waals surface area contributed by atoms with Crippen molar-refractivity contribution >= 4 is 28.6 Å². The van der Waals surface area contributed by atoms with Gasteiger partial charge in [-0.1, -0.05) is 12.1 Å². The molecule has 1 saturated heterocycles. The monoisotopic (exact) mass is 379 g/mol. The third-order valence-electron chi connectivity index (χ3n) is 4.23. The topological polar surface area (TPSA) is 49.7 Å². The standard InChI is InChI=1S/C20H26ClNO4/c1-20(2,3)26-19(23)22-16(13-25-18-6-4-5-9-24-18)11-15-8-7-14(12-21)10-17(15)22/h7-8,10-11,18H,4-6,9,12-13H2,1-3H3. The second-order valence-corrected chi connectivity index (χ2v) is 7.85. The van der Waals surface area contributed by atoms with E-state index in [0.717, 1.165) is 48.0 Å². The van der Waals surface area contributed by atoms with Crippen molar-refractivity contribution in [2.45, 2.75) is 64.4 Å². The summed E-state index contributed by atoms with van der Waals surface area (Å²) in [6.45, 7) is 6.57. The van der Waals surface area contributed by atoms with E-state index in [0.29, 0.717) is 5.88 Å². The molecule has 0 saturated carbocycles. The molecule has 0 amide bonds. The largest absolute Gasteiger partial charge is 0.443 e. The maximum atomic E-state index is 12.8. The minimum Gasteiger partial charge on any atom is -0.443 e. The first kappa shape index (κ1) is 19.2. The number of aromatic nitrogens is 1.